The number of carbonyl (C=O) groups is 2. The van der Waals surface area contributed by atoms with Gasteiger partial charge < -0.3 is 9.73 Å². The largest absolute Gasteiger partial charge is 0.464 e. The van der Waals surface area contributed by atoms with Crippen molar-refractivity contribution in [2.24, 2.45) is 0 Å². The van der Waals surface area contributed by atoms with Crippen molar-refractivity contribution >= 4 is 23.0 Å². The summed E-state index contributed by atoms with van der Waals surface area (Å²) in [6, 6.07) is 7.25. The van der Waals surface area contributed by atoms with E-state index in [-0.39, 0.29) is 30.6 Å². The lowest BCUT2D eigenvalue weighted by Gasteiger charge is -2.11. The molecule has 1 N–H and O–H groups in total. The van der Waals surface area contributed by atoms with E-state index in [0.717, 1.165) is 21.3 Å². The summed E-state index contributed by atoms with van der Waals surface area (Å²) in [6.45, 7) is 5.68. The van der Waals surface area contributed by atoms with Gasteiger partial charge in [-0.25, -0.2) is 0 Å². The molecule has 2 aromatic rings. The summed E-state index contributed by atoms with van der Waals surface area (Å²) < 4.78 is 5.46. The molecule has 1 atom stereocenters. The Balaban J connectivity index is 1.81. The fourth-order valence-corrected chi connectivity index (χ4v) is 2.84. The van der Waals surface area contributed by atoms with Gasteiger partial charge in [-0.1, -0.05) is 0 Å². The summed E-state index contributed by atoms with van der Waals surface area (Å²) in [6.07, 6.45) is 0.426. The molecule has 0 fully saturated rings. The number of aryl methyl sites for hydroxylation is 2. The third-order valence-electron chi connectivity index (χ3n) is 3.16. The van der Waals surface area contributed by atoms with Gasteiger partial charge in [0.15, 0.2) is 5.78 Å². The predicted octanol–water partition coefficient (Wildman–Crippen LogP) is 3.80. The standard InChI is InChI=1S/C16H19NO3S/c1-10-4-7-14(20-10)12(3)17-16(19)9-6-13(18)15-8-5-11(2)21-15/h4-5,7-8,12H,6,9H2,1-3H3,(H,17,19). The Bertz CT molecular complexity index is 641. The van der Waals surface area contributed by atoms with Gasteiger partial charge in [-0.15, -0.1) is 11.3 Å². The van der Waals surface area contributed by atoms with Crippen LogP contribution < -0.4 is 5.32 Å². The average molecular weight is 305 g/mol. The number of furan rings is 1. The van der Waals surface area contributed by atoms with Crippen LogP contribution in [0.5, 0.6) is 0 Å². The van der Waals surface area contributed by atoms with Gasteiger partial charge >= 0.3 is 0 Å². The molecule has 0 aliphatic rings. The van der Waals surface area contributed by atoms with Gasteiger partial charge in [0.1, 0.15) is 11.5 Å². The van der Waals surface area contributed by atoms with Crippen LogP contribution in [0.15, 0.2) is 28.7 Å². The summed E-state index contributed by atoms with van der Waals surface area (Å²) in [5.74, 6) is 1.42. The van der Waals surface area contributed by atoms with E-state index in [9.17, 15) is 9.59 Å². The zero-order valence-corrected chi connectivity index (χ0v) is 13.3. The lowest BCUT2D eigenvalue weighted by Crippen LogP contribution is -2.26. The summed E-state index contributed by atoms with van der Waals surface area (Å²) in [4.78, 5) is 25.6. The zero-order valence-electron chi connectivity index (χ0n) is 12.4. The maximum Gasteiger partial charge on any atom is 0.221 e. The second-order valence-electron chi connectivity index (χ2n) is 5.07. The molecular weight excluding hydrogens is 286 g/mol. The first kappa shape index (κ1) is 15.5. The number of carbonyl (C=O) groups excluding carboxylic acids is 2. The lowest BCUT2D eigenvalue weighted by molar-refractivity contribution is -0.121. The molecule has 4 nitrogen and oxygen atoms in total. The monoisotopic (exact) mass is 305 g/mol. The minimum absolute atomic E-state index is 0.0183. The maximum absolute atomic E-state index is 11.9. The molecule has 2 rings (SSSR count). The van der Waals surface area contributed by atoms with Crippen molar-refractivity contribution in [3.8, 4) is 0 Å². The second-order valence-corrected chi connectivity index (χ2v) is 6.36. The molecule has 0 aliphatic carbocycles. The van der Waals surface area contributed by atoms with Gasteiger partial charge in [0.2, 0.25) is 5.91 Å². The molecule has 5 heteroatoms. The topological polar surface area (TPSA) is 59.3 Å². The highest BCUT2D eigenvalue weighted by Crippen LogP contribution is 2.18. The second kappa shape index (κ2) is 6.72. The highest BCUT2D eigenvalue weighted by Gasteiger charge is 2.15. The quantitative estimate of drug-likeness (QED) is 0.826. The van der Waals surface area contributed by atoms with Crippen LogP contribution in [0, 0.1) is 13.8 Å². The van der Waals surface area contributed by atoms with Crippen LogP contribution in [0.4, 0.5) is 0 Å². The van der Waals surface area contributed by atoms with Crippen LogP contribution in [0.25, 0.3) is 0 Å². The molecule has 112 valence electrons. The number of Topliss-reactive ketones (excluding diaryl/α,β-unsaturated/α-hetero) is 1. The number of amides is 1. The van der Waals surface area contributed by atoms with Crippen molar-refractivity contribution in [1.82, 2.24) is 5.32 Å². The third kappa shape index (κ3) is 4.29. The molecule has 0 saturated heterocycles. The lowest BCUT2D eigenvalue weighted by atomic mass is 10.1. The van der Waals surface area contributed by atoms with E-state index in [1.54, 1.807) is 0 Å². The zero-order chi connectivity index (χ0) is 15.4. The minimum atomic E-state index is -0.190. The van der Waals surface area contributed by atoms with Gasteiger partial charge in [-0.05, 0) is 45.0 Å². The Morgan fingerprint density at radius 3 is 2.52 bits per heavy atom. The van der Waals surface area contributed by atoms with Crippen LogP contribution in [0.2, 0.25) is 0 Å². The van der Waals surface area contributed by atoms with Crippen molar-refractivity contribution < 1.29 is 14.0 Å². The molecule has 1 amide bonds. The molecule has 21 heavy (non-hydrogen) atoms. The van der Waals surface area contributed by atoms with E-state index in [1.165, 1.54) is 11.3 Å². The summed E-state index contributed by atoms with van der Waals surface area (Å²) >= 11 is 1.46. The molecule has 0 saturated carbocycles. The molecule has 0 aromatic carbocycles. The predicted molar refractivity (Wildman–Crippen MR) is 82.6 cm³/mol. The van der Waals surface area contributed by atoms with Gasteiger partial charge in [-0.2, -0.15) is 0 Å². The molecule has 0 bridgehead atoms. The highest BCUT2D eigenvalue weighted by molar-refractivity contribution is 7.14. The fraction of sp³-hybridized carbons (Fsp3) is 0.375. The van der Waals surface area contributed by atoms with Crippen molar-refractivity contribution in [3.63, 3.8) is 0 Å². The Kier molecular flexibility index (Phi) is 4.96. The van der Waals surface area contributed by atoms with Gasteiger partial charge in [0.25, 0.3) is 0 Å². The Hall–Kier alpha value is -1.88. The van der Waals surface area contributed by atoms with E-state index in [2.05, 4.69) is 5.32 Å². The van der Waals surface area contributed by atoms with Crippen molar-refractivity contribution in [1.29, 1.82) is 0 Å². The summed E-state index contributed by atoms with van der Waals surface area (Å²) in [7, 11) is 0. The Morgan fingerprint density at radius 1 is 1.19 bits per heavy atom. The number of hydrogen-bond donors (Lipinski definition) is 1. The first-order valence-corrected chi connectivity index (χ1v) is 7.72. The molecule has 1 unspecified atom stereocenters. The van der Waals surface area contributed by atoms with Crippen LogP contribution in [0.1, 0.15) is 51.9 Å². The molecule has 2 heterocycles. The number of hydrogen-bond acceptors (Lipinski definition) is 4. The first-order chi connectivity index (χ1) is 9.95. The van der Waals surface area contributed by atoms with E-state index in [1.807, 2.05) is 45.0 Å². The van der Waals surface area contributed by atoms with Crippen LogP contribution in [0.3, 0.4) is 0 Å². The van der Waals surface area contributed by atoms with Crippen molar-refractivity contribution in [3.05, 3.63) is 45.5 Å². The minimum Gasteiger partial charge on any atom is -0.464 e. The fourth-order valence-electron chi connectivity index (χ4n) is 2.01. The van der Waals surface area contributed by atoms with Crippen LogP contribution in [-0.2, 0) is 4.79 Å². The molecule has 2 aromatic heterocycles. The summed E-state index contributed by atoms with van der Waals surface area (Å²) in [5, 5.41) is 2.84. The van der Waals surface area contributed by atoms with Gasteiger partial charge in [0, 0.05) is 17.7 Å². The summed E-state index contributed by atoms with van der Waals surface area (Å²) in [5.41, 5.74) is 0. The third-order valence-corrected chi connectivity index (χ3v) is 4.20. The normalized spacial score (nSPS) is 12.1. The molecule has 0 radical (unpaired) electrons. The highest BCUT2D eigenvalue weighted by atomic mass is 32.1. The van der Waals surface area contributed by atoms with E-state index >= 15 is 0 Å². The number of ketones is 1. The number of thiophene rings is 1. The first-order valence-electron chi connectivity index (χ1n) is 6.91. The smallest absolute Gasteiger partial charge is 0.221 e. The van der Waals surface area contributed by atoms with Gasteiger partial charge in [-0.3, -0.25) is 9.59 Å². The average Bonchev–Trinajstić information content (AvgIpc) is 3.04. The number of nitrogens with one attached hydrogen (secondary N) is 1. The molecule has 0 aliphatic heterocycles. The Morgan fingerprint density at radius 2 is 1.95 bits per heavy atom. The maximum atomic E-state index is 11.9. The Labute approximate surface area is 128 Å². The van der Waals surface area contributed by atoms with E-state index in [4.69, 9.17) is 4.42 Å². The molecular formula is C16H19NO3S. The van der Waals surface area contributed by atoms with Crippen LogP contribution in [-0.4, -0.2) is 11.7 Å². The van der Waals surface area contributed by atoms with E-state index in [0.29, 0.717) is 0 Å². The van der Waals surface area contributed by atoms with Gasteiger partial charge in [0.05, 0.1) is 10.9 Å². The van der Waals surface area contributed by atoms with Crippen LogP contribution >= 0.6 is 11.3 Å². The number of rotatable bonds is 6. The van der Waals surface area contributed by atoms with Crippen molar-refractivity contribution in [2.75, 3.05) is 0 Å². The van der Waals surface area contributed by atoms with E-state index < -0.39 is 0 Å². The van der Waals surface area contributed by atoms with Crippen molar-refractivity contribution in [2.45, 2.75) is 39.7 Å². The molecule has 0 spiro atoms. The SMILES string of the molecule is Cc1ccc(C(C)NC(=O)CCC(=O)c2ccc(C)s2)o1.